The summed E-state index contributed by atoms with van der Waals surface area (Å²) in [6.45, 7) is 0.343. The monoisotopic (exact) mass is 361 g/mol. The van der Waals surface area contributed by atoms with Gasteiger partial charge in [0.25, 0.3) is 0 Å². The Bertz CT molecular complexity index is 578. The lowest BCUT2D eigenvalue weighted by Crippen LogP contribution is -2.08. The third kappa shape index (κ3) is 3.73. The molecule has 0 unspecified atom stereocenters. The highest BCUT2D eigenvalue weighted by atomic mass is 79.9. The fourth-order valence-corrected chi connectivity index (χ4v) is 2.22. The lowest BCUT2D eigenvalue weighted by molar-refractivity contribution is 0.306. The Kier molecular flexibility index (Phi) is 4.87. The number of ether oxygens (including phenoxy) is 1. The molecule has 0 aliphatic carbocycles. The Labute approximate surface area is 129 Å². The van der Waals surface area contributed by atoms with Crippen LogP contribution >= 0.6 is 39.1 Å². The molecule has 1 aromatic heterocycles. The maximum Gasteiger partial charge on any atom is 0.139 e. The molecule has 0 atom stereocenters. The van der Waals surface area contributed by atoms with Gasteiger partial charge in [-0.15, -0.1) is 0 Å². The maximum atomic E-state index is 6.06. The molecule has 0 radical (unpaired) electrons. The standard InChI is InChI=1S/C12H10BrCl2N3O/c13-8-3-10(15)11(4-9(8)14)19-6-7-1-2-12(18-16)17-5-7/h1-5H,6,16H2,(H,17,18). The van der Waals surface area contributed by atoms with Gasteiger partial charge in [0.15, 0.2) is 0 Å². The highest BCUT2D eigenvalue weighted by Crippen LogP contribution is 2.34. The van der Waals surface area contributed by atoms with Crippen molar-refractivity contribution in [2.75, 3.05) is 5.43 Å². The van der Waals surface area contributed by atoms with Crippen molar-refractivity contribution in [1.82, 2.24) is 4.98 Å². The molecule has 0 aliphatic heterocycles. The lowest BCUT2D eigenvalue weighted by Gasteiger charge is -2.09. The van der Waals surface area contributed by atoms with Gasteiger partial charge in [0.1, 0.15) is 18.2 Å². The van der Waals surface area contributed by atoms with Gasteiger partial charge in [0.05, 0.1) is 10.0 Å². The zero-order valence-electron chi connectivity index (χ0n) is 9.66. The average molecular weight is 363 g/mol. The molecule has 0 fully saturated rings. The maximum absolute atomic E-state index is 6.06. The summed E-state index contributed by atoms with van der Waals surface area (Å²) in [7, 11) is 0. The summed E-state index contributed by atoms with van der Waals surface area (Å²) in [6.07, 6.45) is 1.67. The van der Waals surface area contributed by atoms with E-state index in [0.29, 0.717) is 28.2 Å². The molecule has 0 saturated carbocycles. The number of halogens is 3. The first kappa shape index (κ1) is 14.4. The zero-order chi connectivity index (χ0) is 13.8. The summed E-state index contributed by atoms with van der Waals surface area (Å²) in [5.41, 5.74) is 3.35. The molecular formula is C12H10BrCl2N3O. The van der Waals surface area contributed by atoms with Gasteiger partial charge in [-0.2, -0.15) is 0 Å². The molecule has 0 aliphatic rings. The SMILES string of the molecule is NNc1ccc(COc2cc(Cl)c(Br)cc2Cl)cn1. The summed E-state index contributed by atoms with van der Waals surface area (Å²) in [5, 5.41) is 1.03. The number of aromatic nitrogens is 1. The van der Waals surface area contributed by atoms with Crippen LogP contribution in [0.2, 0.25) is 10.0 Å². The molecule has 0 spiro atoms. The fraction of sp³-hybridized carbons (Fsp3) is 0.0833. The Morgan fingerprint density at radius 3 is 2.68 bits per heavy atom. The van der Waals surface area contributed by atoms with Gasteiger partial charge < -0.3 is 10.2 Å². The van der Waals surface area contributed by atoms with Gasteiger partial charge in [-0.1, -0.05) is 29.3 Å². The van der Waals surface area contributed by atoms with Crippen molar-refractivity contribution in [2.24, 2.45) is 5.84 Å². The molecule has 19 heavy (non-hydrogen) atoms. The average Bonchev–Trinajstić information content (AvgIpc) is 2.42. The minimum Gasteiger partial charge on any atom is -0.487 e. The third-order valence-corrected chi connectivity index (χ3v) is 3.83. The van der Waals surface area contributed by atoms with Gasteiger partial charge >= 0.3 is 0 Å². The van der Waals surface area contributed by atoms with Crippen molar-refractivity contribution < 1.29 is 4.74 Å². The van der Waals surface area contributed by atoms with E-state index >= 15 is 0 Å². The van der Waals surface area contributed by atoms with Crippen LogP contribution in [-0.2, 0) is 6.61 Å². The van der Waals surface area contributed by atoms with E-state index in [0.717, 1.165) is 10.0 Å². The van der Waals surface area contributed by atoms with E-state index < -0.39 is 0 Å². The smallest absolute Gasteiger partial charge is 0.139 e. The number of rotatable bonds is 4. The largest absolute Gasteiger partial charge is 0.487 e. The molecule has 7 heteroatoms. The second kappa shape index (κ2) is 6.43. The van der Waals surface area contributed by atoms with E-state index in [1.165, 1.54) is 0 Å². The summed E-state index contributed by atoms with van der Waals surface area (Å²) in [5.74, 6) is 6.35. The molecule has 0 amide bonds. The number of nitrogen functional groups attached to an aromatic ring is 1. The van der Waals surface area contributed by atoms with Crippen molar-refractivity contribution in [2.45, 2.75) is 6.61 Å². The van der Waals surface area contributed by atoms with E-state index in [1.54, 1.807) is 24.4 Å². The third-order valence-electron chi connectivity index (χ3n) is 2.34. The number of anilines is 1. The Hall–Kier alpha value is -1.01. The van der Waals surface area contributed by atoms with Crippen LogP contribution in [0.15, 0.2) is 34.9 Å². The number of benzene rings is 1. The molecule has 0 saturated heterocycles. The number of nitrogens with two attached hydrogens (primary N) is 1. The van der Waals surface area contributed by atoms with Crippen LogP contribution in [0.3, 0.4) is 0 Å². The summed E-state index contributed by atoms with van der Waals surface area (Å²) < 4.78 is 6.33. The first-order valence-electron chi connectivity index (χ1n) is 5.29. The second-order valence-electron chi connectivity index (χ2n) is 3.68. The van der Waals surface area contributed by atoms with Crippen molar-refractivity contribution in [3.05, 3.63) is 50.5 Å². The highest BCUT2D eigenvalue weighted by Gasteiger charge is 2.07. The number of hydrogen-bond donors (Lipinski definition) is 2. The molecule has 1 aromatic carbocycles. The zero-order valence-corrected chi connectivity index (χ0v) is 12.8. The number of hydrazine groups is 1. The lowest BCUT2D eigenvalue weighted by atomic mass is 10.3. The highest BCUT2D eigenvalue weighted by molar-refractivity contribution is 9.10. The van der Waals surface area contributed by atoms with Gasteiger partial charge in [-0.3, -0.25) is 0 Å². The van der Waals surface area contributed by atoms with Crippen LogP contribution in [-0.4, -0.2) is 4.98 Å². The molecule has 4 nitrogen and oxygen atoms in total. The number of nitrogens with zero attached hydrogens (tertiary/aromatic N) is 1. The van der Waals surface area contributed by atoms with E-state index in [9.17, 15) is 0 Å². The first-order valence-corrected chi connectivity index (χ1v) is 6.84. The van der Waals surface area contributed by atoms with E-state index in [2.05, 4.69) is 26.3 Å². The van der Waals surface area contributed by atoms with Crippen molar-refractivity contribution >= 4 is 44.9 Å². The van der Waals surface area contributed by atoms with E-state index in [1.807, 2.05) is 6.07 Å². The number of nitrogens with one attached hydrogen (secondary N) is 1. The van der Waals surface area contributed by atoms with E-state index in [-0.39, 0.29) is 0 Å². The first-order chi connectivity index (χ1) is 9.10. The normalized spacial score (nSPS) is 10.3. The summed E-state index contributed by atoms with van der Waals surface area (Å²) in [4.78, 5) is 4.08. The number of hydrogen-bond acceptors (Lipinski definition) is 4. The summed E-state index contributed by atoms with van der Waals surface area (Å²) in [6, 6.07) is 6.97. The van der Waals surface area contributed by atoms with Crippen molar-refractivity contribution in [3.63, 3.8) is 0 Å². The molecular weight excluding hydrogens is 353 g/mol. The van der Waals surface area contributed by atoms with Crippen LogP contribution in [0.1, 0.15) is 5.56 Å². The molecule has 1 heterocycles. The van der Waals surface area contributed by atoms with Crippen LogP contribution in [0.5, 0.6) is 5.75 Å². The predicted octanol–water partition coefficient (Wildman–Crippen LogP) is 4.02. The van der Waals surface area contributed by atoms with Gasteiger partial charge in [-0.05, 0) is 28.1 Å². The van der Waals surface area contributed by atoms with Crippen LogP contribution in [0.4, 0.5) is 5.82 Å². The Morgan fingerprint density at radius 1 is 1.26 bits per heavy atom. The fourth-order valence-electron chi connectivity index (χ4n) is 1.37. The molecule has 2 aromatic rings. The predicted molar refractivity (Wildman–Crippen MR) is 80.5 cm³/mol. The van der Waals surface area contributed by atoms with E-state index in [4.69, 9.17) is 33.8 Å². The van der Waals surface area contributed by atoms with Crippen LogP contribution < -0.4 is 16.0 Å². The minimum atomic E-state index is 0.343. The Balaban J connectivity index is 2.07. The molecule has 100 valence electrons. The minimum absolute atomic E-state index is 0.343. The molecule has 3 N–H and O–H groups in total. The number of pyridine rings is 1. The van der Waals surface area contributed by atoms with Gasteiger partial charge in [0.2, 0.25) is 0 Å². The van der Waals surface area contributed by atoms with Crippen LogP contribution in [0, 0.1) is 0 Å². The molecule has 2 rings (SSSR count). The topological polar surface area (TPSA) is 60.2 Å². The molecule has 0 bridgehead atoms. The van der Waals surface area contributed by atoms with Crippen molar-refractivity contribution in [1.29, 1.82) is 0 Å². The summed E-state index contributed by atoms with van der Waals surface area (Å²) >= 11 is 15.3. The van der Waals surface area contributed by atoms with Crippen molar-refractivity contribution in [3.8, 4) is 5.75 Å². The quantitative estimate of drug-likeness (QED) is 0.490. The van der Waals surface area contributed by atoms with Gasteiger partial charge in [-0.25, -0.2) is 10.8 Å². The second-order valence-corrected chi connectivity index (χ2v) is 5.35. The van der Waals surface area contributed by atoms with Gasteiger partial charge in [0, 0.05) is 22.3 Å². The Morgan fingerprint density at radius 2 is 2.05 bits per heavy atom. The van der Waals surface area contributed by atoms with Crippen LogP contribution in [0.25, 0.3) is 0 Å².